The number of aliphatic imine (C=N–C) groups is 1. The highest BCUT2D eigenvalue weighted by Gasteiger charge is 2.20. The maximum atomic E-state index is 13.0. The summed E-state index contributed by atoms with van der Waals surface area (Å²) in [5.74, 6) is -0.260. The summed E-state index contributed by atoms with van der Waals surface area (Å²) in [6.45, 7) is 1.74. The molecule has 1 saturated heterocycles. The van der Waals surface area contributed by atoms with E-state index in [2.05, 4.69) is 20.5 Å². The van der Waals surface area contributed by atoms with E-state index in [1.807, 2.05) is 0 Å². The number of carbonyl (C=O) groups excluding carboxylic acids is 2. The lowest BCUT2D eigenvalue weighted by Crippen LogP contribution is -2.35. The molecule has 0 saturated carbocycles. The number of piperidine rings is 1. The predicted molar refractivity (Wildman–Crippen MR) is 146 cm³/mol. The number of hydrogen-bond acceptors (Lipinski definition) is 4. The van der Waals surface area contributed by atoms with Crippen LogP contribution in [0.5, 0.6) is 0 Å². The van der Waals surface area contributed by atoms with Crippen LogP contribution in [0, 0.1) is 5.41 Å². The molecule has 1 fully saturated rings. The van der Waals surface area contributed by atoms with Gasteiger partial charge in [0.05, 0.1) is 16.3 Å². The van der Waals surface area contributed by atoms with E-state index in [4.69, 9.17) is 40.2 Å². The van der Waals surface area contributed by atoms with Crippen LogP contribution < -0.4 is 10.6 Å². The Hall–Kier alpha value is -3.13. The average molecular weight is 545 g/mol. The van der Waals surface area contributed by atoms with Crippen molar-refractivity contribution in [2.24, 2.45) is 4.99 Å². The van der Waals surface area contributed by atoms with Gasteiger partial charge < -0.3 is 15.5 Å². The number of amidine groups is 2. The summed E-state index contributed by atoms with van der Waals surface area (Å²) in [4.78, 5) is 32.3. The lowest BCUT2D eigenvalue weighted by atomic mass is 10.1. The molecule has 0 atom stereocenters. The third-order valence-corrected chi connectivity index (χ3v) is 6.57. The molecule has 0 spiro atoms. The number of amides is 2. The largest absolute Gasteiger partial charge is 0.357 e. The fourth-order valence-electron chi connectivity index (χ4n) is 3.92. The van der Waals surface area contributed by atoms with E-state index in [9.17, 15) is 9.59 Å². The second-order valence-corrected chi connectivity index (χ2v) is 9.72. The third-order valence-electron chi connectivity index (χ3n) is 5.80. The molecule has 2 aromatic rings. The smallest absolute Gasteiger partial charge is 0.259 e. The third kappa shape index (κ3) is 6.35. The van der Waals surface area contributed by atoms with Gasteiger partial charge >= 0.3 is 0 Å². The van der Waals surface area contributed by atoms with Crippen molar-refractivity contribution in [1.29, 1.82) is 5.41 Å². The summed E-state index contributed by atoms with van der Waals surface area (Å²) >= 11 is 18.5. The zero-order chi connectivity index (χ0) is 25.7. The topological polar surface area (TPSA) is 97.7 Å². The van der Waals surface area contributed by atoms with E-state index < -0.39 is 11.8 Å². The van der Waals surface area contributed by atoms with Crippen LogP contribution in [-0.4, -0.2) is 41.5 Å². The molecule has 2 heterocycles. The van der Waals surface area contributed by atoms with Crippen LogP contribution in [0.1, 0.15) is 52.0 Å². The second kappa shape index (κ2) is 11.7. The molecule has 2 aliphatic rings. The van der Waals surface area contributed by atoms with E-state index in [0.717, 1.165) is 31.5 Å². The normalized spacial score (nSPS) is 15.5. The van der Waals surface area contributed by atoms with Crippen LogP contribution in [0.15, 0.2) is 64.8 Å². The first-order valence-electron chi connectivity index (χ1n) is 11.5. The number of carbonyl (C=O) groups is 2. The molecule has 0 unspecified atom stereocenters. The van der Waals surface area contributed by atoms with Crippen molar-refractivity contribution in [2.75, 3.05) is 18.4 Å². The molecular weight excluding hydrogens is 521 g/mol. The van der Waals surface area contributed by atoms with Gasteiger partial charge in [0.15, 0.2) is 0 Å². The summed E-state index contributed by atoms with van der Waals surface area (Å²) in [5.41, 5.74) is 1.31. The fraction of sp³-hybridized carbons (Fsp3) is 0.231. The Kier molecular flexibility index (Phi) is 8.46. The lowest BCUT2D eigenvalue weighted by Gasteiger charge is -2.29. The van der Waals surface area contributed by atoms with Gasteiger partial charge in [-0.1, -0.05) is 53.0 Å². The minimum atomic E-state index is -0.546. The van der Waals surface area contributed by atoms with Gasteiger partial charge in [0, 0.05) is 46.9 Å². The number of anilines is 1. The van der Waals surface area contributed by atoms with Gasteiger partial charge in [-0.3, -0.25) is 15.0 Å². The van der Waals surface area contributed by atoms with Gasteiger partial charge in [0.25, 0.3) is 11.8 Å². The van der Waals surface area contributed by atoms with Gasteiger partial charge in [0.2, 0.25) is 0 Å². The van der Waals surface area contributed by atoms with E-state index >= 15 is 0 Å². The summed E-state index contributed by atoms with van der Waals surface area (Å²) in [7, 11) is 0. The number of nitrogens with one attached hydrogen (secondary N) is 3. The van der Waals surface area contributed by atoms with Crippen LogP contribution in [0.4, 0.5) is 5.69 Å². The molecule has 0 radical (unpaired) electrons. The molecule has 4 rings (SSSR count). The van der Waals surface area contributed by atoms with E-state index in [0.29, 0.717) is 22.9 Å². The number of hydrogen-bond donors (Lipinski definition) is 3. The molecule has 2 aromatic carbocycles. The van der Waals surface area contributed by atoms with Crippen LogP contribution >= 0.6 is 34.8 Å². The number of rotatable bonds is 4. The van der Waals surface area contributed by atoms with Crippen LogP contribution in [-0.2, 0) is 0 Å². The van der Waals surface area contributed by atoms with Gasteiger partial charge in [-0.25, -0.2) is 4.99 Å². The highest BCUT2D eigenvalue weighted by Crippen LogP contribution is 2.31. The molecule has 0 aliphatic carbocycles. The number of benzene rings is 2. The molecule has 0 bridgehead atoms. The molecular formula is C26H24Cl3N5O2. The summed E-state index contributed by atoms with van der Waals surface area (Å²) in [6.07, 6.45) is 8.71. The predicted octanol–water partition coefficient (Wildman–Crippen LogP) is 6.23. The van der Waals surface area contributed by atoms with Gasteiger partial charge in [-0.15, -0.1) is 0 Å². The number of allylic oxidation sites excluding steroid dienone is 2. The molecule has 36 heavy (non-hydrogen) atoms. The van der Waals surface area contributed by atoms with Crippen molar-refractivity contribution in [2.45, 2.75) is 25.7 Å². The monoisotopic (exact) mass is 543 g/mol. The highest BCUT2D eigenvalue weighted by atomic mass is 35.5. The Morgan fingerprint density at radius 3 is 2.33 bits per heavy atom. The van der Waals surface area contributed by atoms with Crippen molar-refractivity contribution >= 4 is 64.0 Å². The number of likely N-dealkylation sites (tertiary alicyclic amines) is 1. The molecule has 0 aromatic heterocycles. The van der Waals surface area contributed by atoms with Crippen LogP contribution in [0.3, 0.4) is 0 Å². The number of nitrogens with zero attached hydrogens (tertiary/aromatic N) is 2. The van der Waals surface area contributed by atoms with E-state index in [1.54, 1.807) is 36.4 Å². The molecule has 2 aliphatic heterocycles. The Labute approximate surface area is 224 Å². The van der Waals surface area contributed by atoms with Gasteiger partial charge in [-0.2, -0.15) is 0 Å². The van der Waals surface area contributed by atoms with Gasteiger partial charge in [0.1, 0.15) is 11.7 Å². The van der Waals surface area contributed by atoms with Crippen molar-refractivity contribution < 1.29 is 9.59 Å². The minimum absolute atomic E-state index is 0.0831. The van der Waals surface area contributed by atoms with E-state index in [-0.39, 0.29) is 27.1 Å². The average Bonchev–Trinajstić information content (AvgIpc) is 3.09. The first-order valence-corrected chi connectivity index (χ1v) is 12.6. The Morgan fingerprint density at radius 2 is 1.61 bits per heavy atom. The maximum absolute atomic E-state index is 13.0. The van der Waals surface area contributed by atoms with Crippen LogP contribution in [0.25, 0.3) is 0 Å². The lowest BCUT2D eigenvalue weighted by molar-refractivity contribution is 0.0978. The molecule has 7 nitrogen and oxygen atoms in total. The minimum Gasteiger partial charge on any atom is -0.357 e. The van der Waals surface area contributed by atoms with Crippen molar-refractivity contribution in [3.8, 4) is 0 Å². The van der Waals surface area contributed by atoms with Crippen molar-refractivity contribution in [1.82, 2.24) is 10.2 Å². The molecule has 2 amide bonds. The Bertz CT molecular complexity index is 1280. The fourth-order valence-corrected chi connectivity index (χ4v) is 4.60. The van der Waals surface area contributed by atoms with Crippen molar-refractivity contribution in [3.05, 3.63) is 86.5 Å². The van der Waals surface area contributed by atoms with Crippen molar-refractivity contribution in [3.63, 3.8) is 0 Å². The van der Waals surface area contributed by atoms with E-state index in [1.165, 1.54) is 24.8 Å². The summed E-state index contributed by atoms with van der Waals surface area (Å²) < 4.78 is 0. The molecule has 3 N–H and O–H groups in total. The summed E-state index contributed by atoms with van der Waals surface area (Å²) in [6, 6.07) is 9.66. The Balaban J connectivity index is 1.52. The Morgan fingerprint density at radius 1 is 0.917 bits per heavy atom. The molecule has 186 valence electrons. The standard InChI is InChI=1S/C26H24Cl3N5O2/c27-18-5-4-6-22(31-15-18)32-26(36)20-13-19(28)14-21(29)23(20)33-25(35)17-9-7-16(8-10-17)24(30)34-11-2-1-3-12-34/h4,6-10,13-15,30H,1-3,5,11-12H2,(H,33,35)(H,31,32,36). The van der Waals surface area contributed by atoms with Crippen LogP contribution in [0.2, 0.25) is 10.0 Å². The summed E-state index contributed by atoms with van der Waals surface area (Å²) in [5, 5.41) is 14.8. The van der Waals surface area contributed by atoms with Gasteiger partial charge in [-0.05, 0) is 49.6 Å². The zero-order valence-electron chi connectivity index (χ0n) is 19.3. The SMILES string of the molecule is N=C(c1ccc(C(=O)Nc2c(Cl)cc(Cl)cc2C(=O)NC2=NC=C(Cl)CC=C2)cc1)N1CCCCC1. The zero-order valence-corrected chi connectivity index (χ0v) is 21.6. The first-order chi connectivity index (χ1) is 17.3. The maximum Gasteiger partial charge on any atom is 0.259 e. The number of halogens is 3. The quantitative estimate of drug-likeness (QED) is 0.315. The highest BCUT2D eigenvalue weighted by molar-refractivity contribution is 6.38. The first kappa shape index (κ1) is 25.9. The second-order valence-electron chi connectivity index (χ2n) is 8.39. The molecule has 10 heteroatoms.